The maximum Gasteiger partial charge on any atom is 0.419 e. The number of alkyl halides is 3. The van der Waals surface area contributed by atoms with Gasteiger partial charge < -0.3 is 9.80 Å². The summed E-state index contributed by atoms with van der Waals surface area (Å²) < 4.78 is 38.5. The number of carbonyl (C=O) groups excluding carboxylic acids is 1. The van der Waals surface area contributed by atoms with E-state index in [1.54, 1.807) is 11.1 Å². The lowest BCUT2D eigenvalue weighted by Gasteiger charge is -2.53. The van der Waals surface area contributed by atoms with Crippen LogP contribution >= 0.6 is 0 Å². The molecule has 0 aromatic carbocycles. The van der Waals surface area contributed by atoms with Crippen LogP contribution in [0.5, 0.6) is 0 Å². The van der Waals surface area contributed by atoms with Crippen molar-refractivity contribution in [2.75, 3.05) is 24.5 Å². The number of aryl methyl sites for hydroxylation is 2. The number of hydrogen-bond acceptors (Lipinski definition) is 6. The van der Waals surface area contributed by atoms with E-state index in [0.29, 0.717) is 36.8 Å². The van der Waals surface area contributed by atoms with Crippen LogP contribution in [0, 0.1) is 19.8 Å². The quantitative estimate of drug-likeness (QED) is 0.580. The molecule has 3 aromatic heterocycles. The van der Waals surface area contributed by atoms with Gasteiger partial charge in [-0.2, -0.15) is 13.2 Å². The molecular formula is C24H23F3N6O. The van der Waals surface area contributed by atoms with E-state index in [4.69, 9.17) is 0 Å². The van der Waals surface area contributed by atoms with Crippen molar-refractivity contribution in [2.24, 2.45) is 5.92 Å². The van der Waals surface area contributed by atoms with Gasteiger partial charge in [0.25, 0.3) is 5.91 Å². The number of nitrogens with zero attached hydrogens (tertiary/aromatic N) is 6. The summed E-state index contributed by atoms with van der Waals surface area (Å²) in [6, 6.07) is 7.49. The second kappa shape index (κ2) is 8.34. The molecule has 176 valence electrons. The van der Waals surface area contributed by atoms with E-state index >= 15 is 0 Å². The first-order chi connectivity index (χ1) is 16.2. The van der Waals surface area contributed by atoms with Gasteiger partial charge in [0.2, 0.25) is 5.95 Å². The molecule has 34 heavy (non-hydrogen) atoms. The van der Waals surface area contributed by atoms with Crippen molar-refractivity contribution < 1.29 is 18.0 Å². The molecule has 2 unspecified atom stereocenters. The van der Waals surface area contributed by atoms with E-state index in [9.17, 15) is 18.0 Å². The Labute approximate surface area is 194 Å². The zero-order chi connectivity index (χ0) is 24.0. The topological polar surface area (TPSA) is 75.1 Å². The number of piperidine rings is 1. The van der Waals surface area contributed by atoms with Crippen LogP contribution in [0.4, 0.5) is 19.1 Å². The highest BCUT2D eigenvalue weighted by molar-refractivity contribution is 5.99. The first-order valence-corrected chi connectivity index (χ1v) is 11.1. The van der Waals surface area contributed by atoms with Gasteiger partial charge in [0.1, 0.15) is 5.69 Å². The van der Waals surface area contributed by atoms with Gasteiger partial charge in [-0.15, -0.1) is 0 Å². The van der Waals surface area contributed by atoms with Crippen LogP contribution in [0.2, 0.25) is 0 Å². The molecular weight excluding hydrogens is 445 g/mol. The number of pyridine rings is 2. The summed E-state index contributed by atoms with van der Waals surface area (Å²) in [7, 11) is 0. The minimum atomic E-state index is -4.48. The summed E-state index contributed by atoms with van der Waals surface area (Å²) in [5.74, 6) is 0.419. The Hall–Kier alpha value is -3.56. The number of rotatable bonds is 3. The molecule has 5 heterocycles. The van der Waals surface area contributed by atoms with Crippen molar-refractivity contribution in [3.63, 3.8) is 0 Å². The Kier molecular flexibility index (Phi) is 5.45. The summed E-state index contributed by atoms with van der Waals surface area (Å²) in [6.07, 6.45) is -0.372. The highest BCUT2D eigenvalue weighted by Crippen LogP contribution is 2.36. The minimum absolute atomic E-state index is 0.0423. The van der Waals surface area contributed by atoms with Crippen molar-refractivity contribution in [3.05, 3.63) is 65.4 Å². The van der Waals surface area contributed by atoms with Gasteiger partial charge in [-0.3, -0.25) is 9.78 Å². The second-order valence-electron chi connectivity index (χ2n) is 8.81. The molecule has 0 radical (unpaired) electrons. The predicted octanol–water partition coefficient (Wildman–Crippen LogP) is 3.92. The number of hydrogen-bond donors (Lipinski definition) is 0. The molecule has 2 aliphatic heterocycles. The number of fused-ring (bicyclic) bond motifs is 1. The first-order valence-electron chi connectivity index (χ1n) is 11.1. The lowest BCUT2D eigenvalue weighted by molar-refractivity contribution is -0.138. The third kappa shape index (κ3) is 3.97. The Morgan fingerprint density at radius 3 is 2.53 bits per heavy atom. The monoisotopic (exact) mass is 468 g/mol. The maximum atomic E-state index is 13.6. The SMILES string of the molecule is Cc1ccc(-c2ncccc2C)c(C(=O)N2CCC3CN(c4ncc(C(F)(F)F)cn4)C3C2)n1. The van der Waals surface area contributed by atoms with Gasteiger partial charge in [0.05, 0.1) is 17.3 Å². The highest BCUT2D eigenvalue weighted by Gasteiger charge is 2.45. The summed E-state index contributed by atoms with van der Waals surface area (Å²) in [5, 5.41) is 0. The molecule has 3 aromatic rings. The summed E-state index contributed by atoms with van der Waals surface area (Å²) >= 11 is 0. The minimum Gasteiger partial charge on any atom is -0.335 e. The number of likely N-dealkylation sites (tertiary alicyclic amines) is 1. The lowest BCUT2D eigenvalue weighted by atomic mass is 9.82. The van der Waals surface area contributed by atoms with Crippen molar-refractivity contribution in [1.82, 2.24) is 24.8 Å². The van der Waals surface area contributed by atoms with Gasteiger partial charge in [-0.05, 0) is 44.0 Å². The Morgan fingerprint density at radius 1 is 1.06 bits per heavy atom. The molecule has 0 N–H and O–H groups in total. The molecule has 2 aliphatic rings. The van der Waals surface area contributed by atoms with Gasteiger partial charge in [0.15, 0.2) is 0 Å². The fourth-order valence-electron chi connectivity index (χ4n) is 4.65. The van der Waals surface area contributed by atoms with Crippen molar-refractivity contribution in [3.8, 4) is 11.3 Å². The Balaban J connectivity index is 1.38. The van der Waals surface area contributed by atoms with Gasteiger partial charge in [0, 0.05) is 55.4 Å². The first kappa shape index (κ1) is 22.2. The number of amides is 1. The van der Waals surface area contributed by atoms with Crippen LogP contribution in [0.1, 0.15) is 33.7 Å². The zero-order valence-corrected chi connectivity index (χ0v) is 18.8. The molecule has 7 nitrogen and oxygen atoms in total. The third-order valence-corrected chi connectivity index (χ3v) is 6.56. The van der Waals surface area contributed by atoms with Gasteiger partial charge >= 0.3 is 6.18 Å². The Morgan fingerprint density at radius 2 is 1.82 bits per heavy atom. The Bertz CT molecular complexity index is 1230. The average Bonchev–Trinajstić information content (AvgIpc) is 2.80. The maximum absolute atomic E-state index is 13.6. The third-order valence-electron chi connectivity index (χ3n) is 6.56. The van der Waals surface area contributed by atoms with E-state index in [1.165, 1.54) is 0 Å². The lowest BCUT2D eigenvalue weighted by Crippen LogP contribution is -2.65. The van der Waals surface area contributed by atoms with Crippen molar-refractivity contribution in [2.45, 2.75) is 32.5 Å². The van der Waals surface area contributed by atoms with Gasteiger partial charge in [-0.25, -0.2) is 15.0 Å². The summed E-state index contributed by atoms with van der Waals surface area (Å²) in [6.45, 7) is 5.48. The second-order valence-corrected chi connectivity index (χ2v) is 8.81. The molecule has 0 aliphatic carbocycles. The number of aromatic nitrogens is 4. The van der Waals surface area contributed by atoms with Crippen LogP contribution in [-0.4, -0.2) is 56.4 Å². The van der Waals surface area contributed by atoms with E-state index in [-0.39, 0.29) is 17.9 Å². The molecule has 2 fully saturated rings. The number of carbonyl (C=O) groups is 1. The number of halogens is 3. The van der Waals surface area contributed by atoms with Crippen LogP contribution in [0.25, 0.3) is 11.3 Å². The predicted molar refractivity (Wildman–Crippen MR) is 119 cm³/mol. The molecule has 5 rings (SSSR count). The van der Waals surface area contributed by atoms with E-state index in [1.807, 2.05) is 43.0 Å². The fourth-order valence-corrected chi connectivity index (χ4v) is 4.65. The molecule has 0 bridgehead atoms. The van der Waals surface area contributed by atoms with Crippen LogP contribution in [0.15, 0.2) is 42.9 Å². The van der Waals surface area contributed by atoms with E-state index < -0.39 is 11.7 Å². The van der Waals surface area contributed by atoms with Crippen molar-refractivity contribution in [1.29, 1.82) is 0 Å². The van der Waals surface area contributed by atoms with E-state index in [0.717, 1.165) is 35.8 Å². The summed E-state index contributed by atoms with van der Waals surface area (Å²) in [5.41, 5.74) is 2.57. The smallest absolute Gasteiger partial charge is 0.335 e. The van der Waals surface area contributed by atoms with Crippen LogP contribution in [-0.2, 0) is 6.18 Å². The van der Waals surface area contributed by atoms with Gasteiger partial charge in [-0.1, -0.05) is 6.07 Å². The molecule has 10 heteroatoms. The standard InChI is InChI=1S/C24H23F3N6O/c1-14-4-3-8-28-20(14)18-6-5-15(2)31-21(18)22(34)32-9-7-16-12-33(19(16)13-32)23-29-10-17(11-30-23)24(25,26)27/h3-6,8,10-11,16,19H,7,9,12-13H2,1-2H3. The zero-order valence-electron chi connectivity index (χ0n) is 18.8. The van der Waals surface area contributed by atoms with Crippen LogP contribution < -0.4 is 4.90 Å². The average molecular weight is 468 g/mol. The van der Waals surface area contributed by atoms with E-state index in [2.05, 4.69) is 19.9 Å². The molecule has 1 amide bonds. The summed E-state index contributed by atoms with van der Waals surface area (Å²) in [4.78, 5) is 34.1. The normalized spacial score (nSPS) is 20.0. The fraction of sp³-hybridized carbons (Fsp3) is 0.375. The number of anilines is 1. The molecule has 0 saturated carbocycles. The molecule has 0 spiro atoms. The molecule has 2 atom stereocenters. The highest BCUT2D eigenvalue weighted by atomic mass is 19.4. The van der Waals surface area contributed by atoms with Crippen LogP contribution in [0.3, 0.4) is 0 Å². The largest absolute Gasteiger partial charge is 0.419 e. The molecule has 2 saturated heterocycles. The van der Waals surface area contributed by atoms with Crippen molar-refractivity contribution >= 4 is 11.9 Å².